The summed E-state index contributed by atoms with van der Waals surface area (Å²) < 4.78 is 14.2. The molecule has 0 spiro atoms. The van der Waals surface area contributed by atoms with Crippen LogP contribution in [0, 0.1) is 5.82 Å². The molecule has 20 heavy (non-hydrogen) atoms. The lowest BCUT2D eigenvalue weighted by molar-refractivity contribution is 0.493. The minimum Gasteiger partial charge on any atom is -0.313 e. The Morgan fingerprint density at radius 1 is 1.05 bits per heavy atom. The van der Waals surface area contributed by atoms with Crippen molar-refractivity contribution in [1.29, 1.82) is 0 Å². The predicted molar refractivity (Wildman–Crippen MR) is 88.5 cm³/mol. The van der Waals surface area contributed by atoms with Gasteiger partial charge in [0.15, 0.2) is 0 Å². The van der Waals surface area contributed by atoms with Gasteiger partial charge in [-0.2, -0.15) is 0 Å². The van der Waals surface area contributed by atoms with Gasteiger partial charge in [0.2, 0.25) is 0 Å². The lowest BCUT2D eigenvalue weighted by Crippen LogP contribution is -2.16. The molecular weight excluding hydrogens is 317 g/mol. The van der Waals surface area contributed by atoms with E-state index in [4.69, 9.17) is 0 Å². The van der Waals surface area contributed by atoms with Crippen molar-refractivity contribution < 1.29 is 4.39 Å². The highest BCUT2D eigenvalue weighted by Crippen LogP contribution is 2.24. The molecular formula is C17H27BrFN. The van der Waals surface area contributed by atoms with Crippen LogP contribution in [-0.4, -0.2) is 7.05 Å². The number of rotatable bonds is 10. The second-order valence-corrected chi connectivity index (χ2v) is 6.37. The molecule has 0 amide bonds. The van der Waals surface area contributed by atoms with E-state index in [1.54, 1.807) is 6.07 Å². The maximum absolute atomic E-state index is 13.4. The minimum absolute atomic E-state index is 0.172. The fraction of sp³-hybridized carbons (Fsp3) is 0.647. The maximum atomic E-state index is 13.4. The van der Waals surface area contributed by atoms with Gasteiger partial charge in [-0.15, -0.1) is 0 Å². The molecule has 0 saturated carbocycles. The van der Waals surface area contributed by atoms with Gasteiger partial charge < -0.3 is 5.32 Å². The van der Waals surface area contributed by atoms with Crippen molar-refractivity contribution in [3.8, 4) is 0 Å². The Kier molecular flexibility index (Phi) is 9.12. The topological polar surface area (TPSA) is 12.0 Å². The van der Waals surface area contributed by atoms with E-state index in [-0.39, 0.29) is 11.9 Å². The fourth-order valence-electron chi connectivity index (χ4n) is 2.56. The SMILES string of the molecule is CCCCCCCCCC(NC)c1cc(F)cc(Br)c1. The molecule has 1 atom stereocenters. The average Bonchev–Trinajstić information content (AvgIpc) is 2.41. The molecule has 114 valence electrons. The van der Waals surface area contributed by atoms with Crippen LogP contribution in [0.1, 0.15) is 69.9 Å². The van der Waals surface area contributed by atoms with Gasteiger partial charge in [0.05, 0.1) is 0 Å². The lowest BCUT2D eigenvalue weighted by atomic mass is 9.99. The van der Waals surface area contributed by atoms with Crippen LogP contribution in [0.5, 0.6) is 0 Å². The van der Waals surface area contributed by atoms with Gasteiger partial charge >= 0.3 is 0 Å². The van der Waals surface area contributed by atoms with Crippen molar-refractivity contribution in [3.05, 3.63) is 34.1 Å². The van der Waals surface area contributed by atoms with E-state index >= 15 is 0 Å². The van der Waals surface area contributed by atoms with E-state index in [1.807, 2.05) is 13.1 Å². The Balaban J connectivity index is 2.32. The largest absolute Gasteiger partial charge is 0.313 e. The molecule has 3 heteroatoms. The molecule has 0 aliphatic carbocycles. The Morgan fingerprint density at radius 3 is 2.30 bits per heavy atom. The molecule has 0 saturated heterocycles. The van der Waals surface area contributed by atoms with E-state index in [1.165, 1.54) is 51.0 Å². The summed E-state index contributed by atoms with van der Waals surface area (Å²) in [6, 6.07) is 5.39. The number of hydrogen-bond donors (Lipinski definition) is 1. The molecule has 0 radical (unpaired) electrons. The average molecular weight is 344 g/mol. The third-order valence-corrected chi connectivity index (χ3v) is 4.19. The van der Waals surface area contributed by atoms with Gasteiger partial charge in [-0.3, -0.25) is 0 Å². The molecule has 0 aliphatic heterocycles. The first-order valence-corrected chi connectivity index (χ1v) is 8.60. The van der Waals surface area contributed by atoms with E-state index in [9.17, 15) is 4.39 Å². The molecule has 0 heterocycles. The Morgan fingerprint density at radius 2 is 1.70 bits per heavy atom. The molecule has 0 bridgehead atoms. The van der Waals surface area contributed by atoms with Crippen molar-refractivity contribution in [2.24, 2.45) is 0 Å². The van der Waals surface area contributed by atoms with Gasteiger partial charge in [-0.05, 0) is 37.2 Å². The fourth-order valence-corrected chi connectivity index (χ4v) is 3.04. The molecule has 1 aromatic carbocycles. The first-order chi connectivity index (χ1) is 9.67. The quantitative estimate of drug-likeness (QED) is 0.514. The van der Waals surface area contributed by atoms with Crippen LogP contribution in [-0.2, 0) is 0 Å². The first kappa shape index (κ1) is 17.6. The first-order valence-electron chi connectivity index (χ1n) is 7.80. The van der Waals surface area contributed by atoms with E-state index in [0.29, 0.717) is 0 Å². The van der Waals surface area contributed by atoms with Gasteiger partial charge in [0, 0.05) is 10.5 Å². The van der Waals surface area contributed by atoms with Crippen molar-refractivity contribution >= 4 is 15.9 Å². The second kappa shape index (κ2) is 10.3. The van der Waals surface area contributed by atoms with Crippen LogP contribution < -0.4 is 5.32 Å². The Hall–Kier alpha value is -0.410. The molecule has 0 aromatic heterocycles. The summed E-state index contributed by atoms with van der Waals surface area (Å²) in [4.78, 5) is 0. The number of nitrogens with one attached hydrogen (secondary N) is 1. The van der Waals surface area contributed by atoms with Crippen molar-refractivity contribution in [1.82, 2.24) is 5.32 Å². The van der Waals surface area contributed by atoms with Crippen LogP contribution in [0.25, 0.3) is 0 Å². The van der Waals surface area contributed by atoms with Crippen LogP contribution in [0.3, 0.4) is 0 Å². The number of unbranched alkanes of at least 4 members (excludes halogenated alkanes) is 6. The smallest absolute Gasteiger partial charge is 0.124 e. The zero-order chi connectivity index (χ0) is 14.8. The zero-order valence-corrected chi connectivity index (χ0v) is 14.3. The third-order valence-electron chi connectivity index (χ3n) is 3.73. The summed E-state index contributed by atoms with van der Waals surface area (Å²) in [6.45, 7) is 2.24. The molecule has 0 fully saturated rings. The summed E-state index contributed by atoms with van der Waals surface area (Å²) in [5, 5.41) is 3.30. The number of benzene rings is 1. The highest BCUT2D eigenvalue weighted by atomic mass is 79.9. The molecule has 1 N–H and O–H groups in total. The molecule has 1 aromatic rings. The summed E-state index contributed by atoms with van der Waals surface area (Å²) in [5.74, 6) is -0.172. The molecule has 1 unspecified atom stereocenters. The highest BCUT2D eigenvalue weighted by Gasteiger charge is 2.10. The summed E-state index contributed by atoms with van der Waals surface area (Å²) in [5.41, 5.74) is 1.03. The molecule has 1 nitrogen and oxygen atoms in total. The normalized spacial score (nSPS) is 12.6. The van der Waals surface area contributed by atoms with Crippen molar-refractivity contribution in [2.75, 3.05) is 7.05 Å². The molecule has 1 rings (SSSR count). The molecule has 0 aliphatic rings. The van der Waals surface area contributed by atoms with E-state index in [2.05, 4.69) is 28.2 Å². The van der Waals surface area contributed by atoms with Gasteiger partial charge in [-0.25, -0.2) is 4.39 Å². The van der Waals surface area contributed by atoms with Crippen LogP contribution >= 0.6 is 15.9 Å². The van der Waals surface area contributed by atoms with Crippen LogP contribution in [0.2, 0.25) is 0 Å². The highest BCUT2D eigenvalue weighted by molar-refractivity contribution is 9.10. The summed E-state index contributed by atoms with van der Waals surface area (Å²) >= 11 is 3.36. The summed E-state index contributed by atoms with van der Waals surface area (Å²) in [7, 11) is 1.95. The lowest BCUT2D eigenvalue weighted by Gasteiger charge is -2.17. The van der Waals surface area contributed by atoms with E-state index < -0.39 is 0 Å². The van der Waals surface area contributed by atoms with Crippen molar-refractivity contribution in [3.63, 3.8) is 0 Å². The number of halogens is 2. The van der Waals surface area contributed by atoms with E-state index in [0.717, 1.165) is 16.5 Å². The minimum atomic E-state index is -0.172. The van der Waals surface area contributed by atoms with Gasteiger partial charge in [0.25, 0.3) is 0 Å². The number of hydrogen-bond acceptors (Lipinski definition) is 1. The third kappa shape index (κ3) is 6.85. The Labute approximate surface area is 131 Å². The second-order valence-electron chi connectivity index (χ2n) is 5.45. The van der Waals surface area contributed by atoms with Crippen molar-refractivity contribution in [2.45, 2.75) is 64.3 Å². The predicted octanol–water partition coefficient (Wildman–Crippen LogP) is 5.99. The van der Waals surface area contributed by atoms with Crippen LogP contribution in [0.4, 0.5) is 4.39 Å². The summed E-state index contributed by atoms with van der Waals surface area (Å²) in [6.07, 6.45) is 10.2. The van der Waals surface area contributed by atoms with Gasteiger partial charge in [-0.1, -0.05) is 67.8 Å². The monoisotopic (exact) mass is 343 g/mol. The van der Waals surface area contributed by atoms with Gasteiger partial charge in [0.1, 0.15) is 5.82 Å². The standard InChI is InChI=1S/C17H27BrFN/c1-3-4-5-6-7-8-9-10-17(20-2)14-11-15(18)13-16(19)12-14/h11-13,17,20H,3-10H2,1-2H3. The maximum Gasteiger partial charge on any atom is 0.124 e. The zero-order valence-electron chi connectivity index (χ0n) is 12.7. The van der Waals surface area contributed by atoms with Crippen LogP contribution in [0.15, 0.2) is 22.7 Å². The Bertz CT molecular complexity index is 361.